The maximum atomic E-state index is 14.9. The van der Waals surface area contributed by atoms with Crippen molar-refractivity contribution in [1.82, 2.24) is 10.2 Å². The van der Waals surface area contributed by atoms with Gasteiger partial charge in [-0.3, -0.25) is 19.2 Å². The lowest BCUT2D eigenvalue weighted by atomic mass is 9.74. The molecule has 44 heavy (non-hydrogen) atoms. The molecule has 2 fully saturated rings. The molecule has 1 aromatic carbocycles. The number of ether oxygens (including phenoxy) is 2. The SMILES string of the molecule is Cc1ccc(C)c(N2C/C=C\CCC(=O)NC[C@H](C)OC(=O)[C@H]3[C@@H]4O[C@@]5(C=C4Br)[C@@H]3C(=O)N(CCCCCCO)[C@@H]5C2=O)c1. The quantitative estimate of drug-likeness (QED) is 0.258. The van der Waals surface area contributed by atoms with E-state index in [1.807, 2.05) is 50.3 Å². The number of hydrogen-bond donors (Lipinski definition) is 2. The number of carbonyl (C=O) groups excluding carboxylic acids is 4. The number of benzene rings is 1. The van der Waals surface area contributed by atoms with Crippen molar-refractivity contribution in [2.24, 2.45) is 11.8 Å². The lowest BCUT2D eigenvalue weighted by molar-refractivity contribution is -0.158. The number of aliphatic hydroxyl groups excluding tert-OH is 1. The normalized spacial score (nSPS) is 31.6. The van der Waals surface area contributed by atoms with E-state index in [0.29, 0.717) is 30.3 Å². The Bertz CT molecular complexity index is 1360. The zero-order valence-corrected chi connectivity index (χ0v) is 27.2. The van der Waals surface area contributed by atoms with Crippen molar-refractivity contribution in [3.8, 4) is 0 Å². The minimum Gasteiger partial charge on any atom is -0.460 e. The van der Waals surface area contributed by atoms with Gasteiger partial charge in [0.1, 0.15) is 29.8 Å². The highest BCUT2D eigenvalue weighted by Gasteiger charge is 2.74. The summed E-state index contributed by atoms with van der Waals surface area (Å²) in [6, 6.07) is 4.92. The molecule has 3 amide bonds. The van der Waals surface area contributed by atoms with Crippen molar-refractivity contribution in [2.45, 2.75) is 83.1 Å². The van der Waals surface area contributed by atoms with Crippen molar-refractivity contribution in [3.63, 3.8) is 0 Å². The van der Waals surface area contributed by atoms with Crippen LogP contribution in [0.5, 0.6) is 0 Å². The van der Waals surface area contributed by atoms with Crippen LogP contribution in [0.4, 0.5) is 5.69 Å². The first kappa shape index (κ1) is 32.4. The van der Waals surface area contributed by atoms with E-state index in [2.05, 4.69) is 21.2 Å². The Morgan fingerprint density at radius 2 is 1.84 bits per heavy atom. The third-order valence-electron chi connectivity index (χ3n) is 9.06. The molecule has 2 N–H and O–H groups in total. The van der Waals surface area contributed by atoms with Gasteiger partial charge in [-0.05, 0) is 63.3 Å². The maximum absolute atomic E-state index is 14.9. The highest BCUT2D eigenvalue weighted by molar-refractivity contribution is 9.11. The van der Waals surface area contributed by atoms with E-state index < -0.39 is 41.7 Å². The van der Waals surface area contributed by atoms with Gasteiger partial charge < -0.3 is 29.7 Å². The number of aryl methyl sites for hydroxylation is 2. The fraction of sp³-hybridized carbons (Fsp3) is 0.576. The van der Waals surface area contributed by atoms with Crippen molar-refractivity contribution in [2.75, 3.05) is 31.1 Å². The Labute approximate surface area is 266 Å². The van der Waals surface area contributed by atoms with E-state index in [0.717, 1.165) is 29.7 Å². The van der Waals surface area contributed by atoms with Crippen LogP contribution in [0.2, 0.25) is 0 Å². The number of halogens is 1. The van der Waals surface area contributed by atoms with Crippen LogP contribution < -0.4 is 10.2 Å². The second-order valence-electron chi connectivity index (χ2n) is 12.3. The lowest BCUT2D eigenvalue weighted by Gasteiger charge is -2.36. The second-order valence-corrected chi connectivity index (χ2v) is 13.2. The number of nitrogens with one attached hydrogen (secondary N) is 1. The molecule has 0 unspecified atom stereocenters. The van der Waals surface area contributed by atoms with Gasteiger partial charge in [-0.25, -0.2) is 0 Å². The number of anilines is 1. The summed E-state index contributed by atoms with van der Waals surface area (Å²) >= 11 is 3.58. The topological polar surface area (TPSA) is 125 Å². The molecule has 1 spiro atoms. The number of hydrogen-bond acceptors (Lipinski definition) is 7. The summed E-state index contributed by atoms with van der Waals surface area (Å²) in [7, 11) is 0. The first-order valence-electron chi connectivity index (χ1n) is 15.6. The summed E-state index contributed by atoms with van der Waals surface area (Å²) < 4.78 is 13.0. The van der Waals surface area contributed by atoms with Crippen LogP contribution in [0.1, 0.15) is 56.6 Å². The van der Waals surface area contributed by atoms with Gasteiger partial charge in [-0.1, -0.05) is 53.1 Å². The minimum atomic E-state index is -1.35. The number of amides is 3. The Morgan fingerprint density at radius 3 is 2.61 bits per heavy atom. The predicted octanol–water partition coefficient (Wildman–Crippen LogP) is 3.46. The third-order valence-corrected chi connectivity index (χ3v) is 9.74. The first-order valence-corrected chi connectivity index (χ1v) is 16.4. The molecule has 4 heterocycles. The van der Waals surface area contributed by atoms with Crippen LogP contribution in [0.3, 0.4) is 0 Å². The molecule has 11 heteroatoms. The largest absolute Gasteiger partial charge is 0.460 e. The van der Waals surface area contributed by atoms with Gasteiger partial charge in [0.2, 0.25) is 11.8 Å². The molecule has 2 saturated heterocycles. The molecule has 10 nitrogen and oxygen atoms in total. The molecule has 0 aliphatic carbocycles. The molecule has 238 valence electrons. The van der Waals surface area contributed by atoms with Crippen molar-refractivity contribution < 1.29 is 33.8 Å². The van der Waals surface area contributed by atoms with E-state index in [-0.39, 0.29) is 43.8 Å². The molecule has 4 aliphatic rings. The molecule has 5 rings (SSSR count). The Morgan fingerprint density at radius 1 is 1.07 bits per heavy atom. The monoisotopic (exact) mass is 671 g/mol. The average Bonchev–Trinajstić information content (AvgIpc) is 3.57. The molecule has 4 aliphatic heterocycles. The van der Waals surface area contributed by atoms with E-state index in [1.165, 1.54) is 0 Å². The number of aliphatic hydroxyl groups is 1. The van der Waals surface area contributed by atoms with Gasteiger partial charge in [0.25, 0.3) is 5.91 Å². The van der Waals surface area contributed by atoms with Gasteiger partial charge in [-0.2, -0.15) is 0 Å². The second kappa shape index (κ2) is 13.5. The number of cyclic esters (lactones) is 1. The zero-order valence-electron chi connectivity index (χ0n) is 25.6. The molecule has 0 radical (unpaired) electrons. The van der Waals surface area contributed by atoms with Crippen LogP contribution in [-0.4, -0.2) is 83.8 Å². The van der Waals surface area contributed by atoms with Gasteiger partial charge in [0.15, 0.2) is 0 Å². The van der Waals surface area contributed by atoms with Crippen molar-refractivity contribution in [1.29, 1.82) is 0 Å². The molecule has 0 saturated carbocycles. The van der Waals surface area contributed by atoms with E-state index in [4.69, 9.17) is 9.47 Å². The van der Waals surface area contributed by atoms with Crippen molar-refractivity contribution >= 4 is 45.3 Å². The zero-order chi connectivity index (χ0) is 31.6. The summed E-state index contributed by atoms with van der Waals surface area (Å²) in [5.74, 6) is -3.22. The molecular formula is C33H42BrN3O7. The van der Waals surface area contributed by atoms with E-state index in [9.17, 15) is 24.3 Å². The standard InChI is InChI=1S/C33H42BrN3O7/c1-20-12-13-21(2)24(17-20)36-14-9-6-7-11-25(39)35-19-22(3)43-32(42)26-27-30(40)37(15-8-4-5-10-16-38)29(31(36)41)33(27)18-23(34)28(26)44-33/h6,9,12-13,17-18,22,26-29,38H,4-5,7-8,10-11,14-16,19H2,1-3H3,(H,35,39)/b9-6-/t22-,26+,27-,28+,29+,33-/m0/s1. The molecule has 5 bridgehead atoms. The van der Waals surface area contributed by atoms with Crippen LogP contribution in [0.15, 0.2) is 40.9 Å². The average molecular weight is 673 g/mol. The highest BCUT2D eigenvalue weighted by atomic mass is 79.9. The molecular weight excluding hydrogens is 630 g/mol. The fourth-order valence-electron chi connectivity index (χ4n) is 6.90. The third kappa shape index (κ3) is 6.10. The fourth-order valence-corrected chi connectivity index (χ4v) is 7.63. The number of nitrogens with zero attached hydrogens (tertiary/aromatic N) is 2. The lowest BCUT2D eigenvalue weighted by Crippen LogP contribution is -2.56. The number of esters is 1. The summed E-state index contributed by atoms with van der Waals surface area (Å²) in [6.45, 7) is 6.41. The van der Waals surface area contributed by atoms with Gasteiger partial charge >= 0.3 is 5.97 Å². The summed E-state index contributed by atoms with van der Waals surface area (Å²) in [5, 5.41) is 12.0. The van der Waals surface area contributed by atoms with E-state index in [1.54, 1.807) is 16.7 Å². The Balaban J connectivity index is 1.60. The number of unbranched alkanes of at least 4 members (excludes halogenated alkanes) is 3. The summed E-state index contributed by atoms with van der Waals surface area (Å²) in [6.07, 6.45) is 7.84. The predicted molar refractivity (Wildman–Crippen MR) is 168 cm³/mol. The maximum Gasteiger partial charge on any atom is 0.313 e. The summed E-state index contributed by atoms with van der Waals surface area (Å²) in [4.78, 5) is 58.7. The Hall–Kier alpha value is -3.02. The minimum absolute atomic E-state index is 0.104. The van der Waals surface area contributed by atoms with Crippen LogP contribution in [-0.2, 0) is 28.7 Å². The molecule has 1 aromatic rings. The molecule has 6 atom stereocenters. The number of fused-ring (bicyclic) bond motifs is 2. The van der Waals surface area contributed by atoms with Gasteiger partial charge in [0.05, 0.1) is 12.5 Å². The smallest absolute Gasteiger partial charge is 0.313 e. The van der Waals surface area contributed by atoms with Gasteiger partial charge in [0, 0.05) is 36.3 Å². The number of carbonyl (C=O) groups is 4. The Kier molecular flexibility index (Phi) is 9.96. The van der Waals surface area contributed by atoms with Gasteiger partial charge in [-0.15, -0.1) is 0 Å². The van der Waals surface area contributed by atoms with Crippen molar-refractivity contribution in [3.05, 3.63) is 52.0 Å². The number of likely N-dealkylation sites (tertiary alicyclic amines) is 1. The van der Waals surface area contributed by atoms with Crippen LogP contribution >= 0.6 is 15.9 Å². The summed E-state index contributed by atoms with van der Waals surface area (Å²) in [5.41, 5.74) is 1.27. The van der Waals surface area contributed by atoms with E-state index >= 15 is 0 Å². The van der Waals surface area contributed by atoms with Crippen LogP contribution in [0, 0.1) is 25.7 Å². The molecule has 0 aromatic heterocycles. The first-order chi connectivity index (χ1) is 21.1. The number of allylic oxidation sites excluding steroid dienone is 1. The number of rotatable bonds is 7. The highest BCUT2D eigenvalue weighted by Crippen LogP contribution is 2.59. The van der Waals surface area contributed by atoms with Crippen LogP contribution in [0.25, 0.3) is 0 Å².